The topological polar surface area (TPSA) is 39.1 Å². The molecule has 1 atom stereocenters. The van der Waals surface area contributed by atoms with E-state index in [2.05, 4.69) is 37.1 Å². The molecule has 0 radical (unpaired) electrons. The van der Waals surface area contributed by atoms with Crippen LogP contribution in [0.25, 0.3) is 0 Å². The SMILES string of the molecule is CCN(CC)CCCNC(C)CC#N. The molecule has 0 saturated heterocycles. The highest BCUT2D eigenvalue weighted by molar-refractivity contribution is 4.77. The molecular formula is C11H23N3. The quantitative estimate of drug-likeness (QED) is 0.601. The lowest BCUT2D eigenvalue weighted by molar-refractivity contribution is 0.296. The lowest BCUT2D eigenvalue weighted by atomic mass is 10.2. The Hall–Kier alpha value is -0.590. The Labute approximate surface area is 88.1 Å². The van der Waals surface area contributed by atoms with Gasteiger partial charge in [-0.2, -0.15) is 5.26 Å². The van der Waals surface area contributed by atoms with E-state index in [1.165, 1.54) is 0 Å². The molecular weight excluding hydrogens is 174 g/mol. The van der Waals surface area contributed by atoms with Gasteiger partial charge >= 0.3 is 0 Å². The lowest BCUT2D eigenvalue weighted by Crippen LogP contribution is -2.30. The molecule has 1 N–H and O–H groups in total. The predicted molar refractivity (Wildman–Crippen MR) is 60.1 cm³/mol. The molecule has 0 aromatic carbocycles. The average molecular weight is 197 g/mol. The fourth-order valence-corrected chi connectivity index (χ4v) is 1.40. The Kier molecular flexibility index (Phi) is 8.61. The first-order valence-corrected chi connectivity index (χ1v) is 5.57. The summed E-state index contributed by atoms with van der Waals surface area (Å²) in [6, 6.07) is 2.50. The van der Waals surface area contributed by atoms with E-state index in [9.17, 15) is 0 Å². The number of nitrogens with zero attached hydrogens (tertiary/aromatic N) is 2. The van der Waals surface area contributed by atoms with Gasteiger partial charge in [0.05, 0.1) is 12.5 Å². The van der Waals surface area contributed by atoms with Crippen LogP contribution in [-0.4, -0.2) is 37.1 Å². The lowest BCUT2D eigenvalue weighted by Gasteiger charge is -2.18. The molecule has 0 fully saturated rings. The van der Waals surface area contributed by atoms with Crippen LogP contribution >= 0.6 is 0 Å². The van der Waals surface area contributed by atoms with Crippen LogP contribution in [0.5, 0.6) is 0 Å². The molecule has 1 unspecified atom stereocenters. The van der Waals surface area contributed by atoms with Crippen LogP contribution in [0.15, 0.2) is 0 Å². The smallest absolute Gasteiger partial charge is 0.0638 e. The van der Waals surface area contributed by atoms with Crippen molar-refractivity contribution in [2.75, 3.05) is 26.2 Å². The molecule has 0 aromatic rings. The van der Waals surface area contributed by atoms with Gasteiger partial charge in [0.25, 0.3) is 0 Å². The third kappa shape index (κ3) is 6.88. The normalized spacial score (nSPS) is 12.8. The fraction of sp³-hybridized carbons (Fsp3) is 0.909. The highest BCUT2D eigenvalue weighted by Gasteiger charge is 2.00. The van der Waals surface area contributed by atoms with E-state index in [0.717, 1.165) is 32.6 Å². The van der Waals surface area contributed by atoms with Crippen molar-refractivity contribution in [3.05, 3.63) is 0 Å². The molecule has 82 valence electrons. The van der Waals surface area contributed by atoms with Crippen LogP contribution in [0.3, 0.4) is 0 Å². The minimum absolute atomic E-state index is 0.330. The number of nitriles is 1. The van der Waals surface area contributed by atoms with Gasteiger partial charge in [-0.05, 0) is 39.5 Å². The molecule has 0 aromatic heterocycles. The number of rotatable bonds is 8. The fourth-order valence-electron chi connectivity index (χ4n) is 1.40. The molecule has 3 heteroatoms. The third-order valence-electron chi connectivity index (χ3n) is 2.44. The van der Waals surface area contributed by atoms with Crippen LogP contribution in [0.1, 0.15) is 33.6 Å². The number of hydrogen-bond donors (Lipinski definition) is 1. The minimum atomic E-state index is 0.330. The van der Waals surface area contributed by atoms with Crippen LogP contribution < -0.4 is 5.32 Å². The van der Waals surface area contributed by atoms with E-state index in [0.29, 0.717) is 12.5 Å². The van der Waals surface area contributed by atoms with Gasteiger partial charge in [-0.3, -0.25) is 0 Å². The average Bonchev–Trinajstić information content (AvgIpc) is 2.19. The number of nitrogens with one attached hydrogen (secondary N) is 1. The Morgan fingerprint density at radius 1 is 1.36 bits per heavy atom. The summed E-state index contributed by atoms with van der Waals surface area (Å²) in [6.07, 6.45) is 1.77. The summed E-state index contributed by atoms with van der Waals surface area (Å²) < 4.78 is 0. The van der Waals surface area contributed by atoms with Crippen LogP contribution in [-0.2, 0) is 0 Å². The van der Waals surface area contributed by atoms with E-state index in [4.69, 9.17) is 5.26 Å². The highest BCUT2D eigenvalue weighted by Crippen LogP contribution is 1.91. The first kappa shape index (κ1) is 13.4. The summed E-state index contributed by atoms with van der Waals surface area (Å²) in [7, 11) is 0. The van der Waals surface area contributed by atoms with E-state index >= 15 is 0 Å². The Balaban J connectivity index is 3.32. The van der Waals surface area contributed by atoms with Crippen molar-refractivity contribution < 1.29 is 0 Å². The Morgan fingerprint density at radius 3 is 2.50 bits per heavy atom. The van der Waals surface area contributed by atoms with Crippen molar-refractivity contribution in [1.29, 1.82) is 5.26 Å². The Morgan fingerprint density at radius 2 is 2.00 bits per heavy atom. The van der Waals surface area contributed by atoms with Gasteiger partial charge in [0.2, 0.25) is 0 Å². The van der Waals surface area contributed by atoms with Crippen LogP contribution in [0, 0.1) is 11.3 Å². The molecule has 0 bridgehead atoms. The van der Waals surface area contributed by atoms with E-state index in [1.807, 2.05) is 0 Å². The zero-order valence-electron chi connectivity index (χ0n) is 9.71. The summed E-state index contributed by atoms with van der Waals surface area (Å²) in [5.41, 5.74) is 0. The molecule has 0 aliphatic rings. The predicted octanol–water partition coefficient (Wildman–Crippen LogP) is 1.61. The minimum Gasteiger partial charge on any atom is -0.313 e. The molecule has 0 spiro atoms. The summed E-state index contributed by atoms with van der Waals surface area (Å²) in [5.74, 6) is 0. The van der Waals surface area contributed by atoms with Gasteiger partial charge in [-0.25, -0.2) is 0 Å². The summed E-state index contributed by atoms with van der Waals surface area (Å²) in [6.45, 7) is 10.9. The molecule has 14 heavy (non-hydrogen) atoms. The highest BCUT2D eigenvalue weighted by atomic mass is 15.1. The maximum absolute atomic E-state index is 8.46. The molecule has 0 aliphatic carbocycles. The molecule has 0 amide bonds. The van der Waals surface area contributed by atoms with Crippen molar-refractivity contribution in [1.82, 2.24) is 10.2 Å². The van der Waals surface area contributed by atoms with Gasteiger partial charge in [0.1, 0.15) is 0 Å². The monoisotopic (exact) mass is 197 g/mol. The third-order valence-corrected chi connectivity index (χ3v) is 2.44. The van der Waals surface area contributed by atoms with Gasteiger partial charge < -0.3 is 10.2 Å². The van der Waals surface area contributed by atoms with E-state index < -0.39 is 0 Å². The molecule has 0 rings (SSSR count). The van der Waals surface area contributed by atoms with Crippen molar-refractivity contribution >= 4 is 0 Å². The summed E-state index contributed by atoms with van der Waals surface area (Å²) in [5, 5.41) is 11.8. The van der Waals surface area contributed by atoms with Crippen molar-refractivity contribution in [2.24, 2.45) is 0 Å². The first-order valence-electron chi connectivity index (χ1n) is 5.57. The maximum atomic E-state index is 8.46. The van der Waals surface area contributed by atoms with Gasteiger partial charge in [-0.15, -0.1) is 0 Å². The summed E-state index contributed by atoms with van der Waals surface area (Å²) in [4.78, 5) is 2.41. The van der Waals surface area contributed by atoms with E-state index in [1.54, 1.807) is 0 Å². The maximum Gasteiger partial charge on any atom is 0.0638 e. The van der Waals surface area contributed by atoms with Crippen LogP contribution in [0.4, 0.5) is 0 Å². The van der Waals surface area contributed by atoms with Crippen molar-refractivity contribution in [3.8, 4) is 6.07 Å². The molecule has 3 nitrogen and oxygen atoms in total. The summed E-state index contributed by atoms with van der Waals surface area (Å²) >= 11 is 0. The second kappa shape index (κ2) is 8.98. The number of hydrogen-bond acceptors (Lipinski definition) is 3. The van der Waals surface area contributed by atoms with Gasteiger partial charge in [0, 0.05) is 6.04 Å². The molecule has 0 aliphatic heterocycles. The largest absolute Gasteiger partial charge is 0.313 e. The standard InChI is InChI=1S/C11H23N3/c1-4-14(5-2)10-6-9-13-11(3)7-8-12/h11,13H,4-7,9-10H2,1-3H3. The van der Waals surface area contributed by atoms with Crippen LogP contribution in [0.2, 0.25) is 0 Å². The zero-order valence-corrected chi connectivity index (χ0v) is 9.71. The molecule has 0 saturated carbocycles. The zero-order chi connectivity index (χ0) is 10.8. The van der Waals surface area contributed by atoms with Gasteiger partial charge in [-0.1, -0.05) is 13.8 Å². The molecule has 0 heterocycles. The van der Waals surface area contributed by atoms with Crippen molar-refractivity contribution in [2.45, 2.75) is 39.7 Å². The van der Waals surface area contributed by atoms with E-state index in [-0.39, 0.29) is 0 Å². The van der Waals surface area contributed by atoms with Crippen molar-refractivity contribution in [3.63, 3.8) is 0 Å². The Bertz CT molecular complexity index is 158. The second-order valence-electron chi connectivity index (χ2n) is 3.60. The first-order chi connectivity index (χ1) is 6.74. The second-order valence-corrected chi connectivity index (χ2v) is 3.60. The van der Waals surface area contributed by atoms with Gasteiger partial charge in [0.15, 0.2) is 0 Å².